The van der Waals surface area contributed by atoms with Crippen molar-refractivity contribution in [3.8, 4) is 5.75 Å². The van der Waals surface area contributed by atoms with Gasteiger partial charge in [-0.3, -0.25) is 4.79 Å². The minimum absolute atomic E-state index is 0.247. The summed E-state index contributed by atoms with van der Waals surface area (Å²) in [6.45, 7) is 0. The highest BCUT2D eigenvalue weighted by molar-refractivity contribution is 5.86. The summed E-state index contributed by atoms with van der Waals surface area (Å²) in [7, 11) is 1.38. The number of ether oxygens (including phenoxy) is 1. The van der Waals surface area contributed by atoms with Crippen molar-refractivity contribution in [1.82, 2.24) is 5.43 Å². The van der Waals surface area contributed by atoms with E-state index in [1.54, 1.807) is 0 Å². The molecule has 0 atom stereocenters. The Hall–Kier alpha value is -2.33. The van der Waals surface area contributed by atoms with Gasteiger partial charge in [-0.1, -0.05) is 0 Å². The summed E-state index contributed by atoms with van der Waals surface area (Å²) in [5.41, 5.74) is 1.19. The maximum Gasteiger partial charge on any atom is 0.460 e. The second kappa shape index (κ2) is 6.42. The summed E-state index contributed by atoms with van der Waals surface area (Å²) in [6.07, 6.45) is -5.81. The summed E-state index contributed by atoms with van der Waals surface area (Å²) in [4.78, 5) is 10.9. The molecular weight excluding hydrogens is 337 g/mol. The van der Waals surface area contributed by atoms with Crippen LogP contribution in [0.1, 0.15) is 5.56 Å². The van der Waals surface area contributed by atoms with Crippen LogP contribution in [0.25, 0.3) is 0 Å². The number of benzene rings is 1. The van der Waals surface area contributed by atoms with E-state index in [1.165, 1.54) is 31.4 Å². The average molecular weight is 346 g/mol. The van der Waals surface area contributed by atoms with Crippen molar-refractivity contribution in [3.63, 3.8) is 0 Å². The van der Waals surface area contributed by atoms with Crippen LogP contribution in [0.5, 0.6) is 5.75 Å². The van der Waals surface area contributed by atoms with E-state index in [0.717, 1.165) is 11.6 Å². The lowest BCUT2D eigenvalue weighted by Gasteiger charge is -2.26. The van der Waals surface area contributed by atoms with Crippen LogP contribution < -0.4 is 10.2 Å². The minimum Gasteiger partial charge on any atom is -0.497 e. The lowest BCUT2D eigenvalue weighted by atomic mass is 10.1. The Kier molecular flexibility index (Phi) is 5.23. The average Bonchev–Trinajstić information content (AvgIpc) is 2.46. The molecule has 4 nitrogen and oxygen atoms in total. The maximum atomic E-state index is 12.9. The van der Waals surface area contributed by atoms with Crippen LogP contribution in [-0.4, -0.2) is 37.3 Å². The molecule has 0 spiro atoms. The van der Waals surface area contributed by atoms with Gasteiger partial charge in [-0.05, 0) is 29.8 Å². The highest BCUT2D eigenvalue weighted by atomic mass is 19.4. The zero-order valence-corrected chi connectivity index (χ0v) is 11.3. The number of nitrogens with one attached hydrogen (secondary N) is 1. The molecule has 0 saturated carbocycles. The summed E-state index contributed by atoms with van der Waals surface area (Å²) in [5, 5.41) is 2.91. The van der Waals surface area contributed by atoms with Crippen molar-refractivity contribution in [2.45, 2.75) is 18.0 Å². The van der Waals surface area contributed by atoms with Gasteiger partial charge in [0, 0.05) is 0 Å². The molecule has 0 aliphatic rings. The highest BCUT2D eigenvalue weighted by Crippen LogP contribution is 2.46. The zero-order valence-electron chi connectivity index (χ0n) is 11.3. The van der Waals surface area contributed by atoms with Crippen LogP contribution in [0.15, 0.2) is 29.4 Å². The van der Waals surface area contributed by atoms with Gasteiger partial charge in [-0.25, -0.2) is 5.43 Å². The molecule has 1 amide bonds. The predicted octanol–water partition coefficient (Wildman–Crippen LogP) is 2.98. The lowest BCUT2D eigenvalue weighted by molar-refractivity contribution is -0.344. The molecule has 1 rings (SSSR count). The smallest absolute Gasteiger partial charge is 0.460 e. The van der Waals surface area contributed by atoms with Crippen molar-refractivity contribution in [2.24, 2.45) is 5.10 Å². The van der Waals surface area contributed by atoms with E-state index in [2.05, 4.69) is 5.10 Å². The van der Waals surface area contributed by atoms with Crippen molar-refractivity contribution in [3.05, 3.63) is 29.8 Å². The first kappa shape index (κ1) is 18.7. The molecule has 0 aromatic heterocycles. The standard InChI is InChI=1S/C12H9F7N2O2/c1-23-8-4-2-7(3-5-8)6-20-21-9(22)10(13,14)11(15,16)12(17,18)19/h2-6H,1H3,(H,21,22). The second-order valence-corrected chi connectivity index (χ2v) is 4.12. The zero-order chi connectivity index (χ0) is 17.9. The fourth-order valence-electron chi connectivity index (χ4n) is 1.25. The lowest BCUT2D eigenvalue weighted by Crippen LogP contribution is -2.58. The van der Waals surface area contributed by atoms with Gasteiger partial charge in [0.25, 0.3) is 0 Å². The van der Waals surface area contributed by atoms with Crippen LogP contribution in [0.2, 0.25) is 0 Å². The number of rotatable bonds is 5. The fourth-order valence-corrected chi connectivity index (χ4v) is 1.25. The van der Waals surface area contributed by atoms with E-state index in [9.17, 15) is 35.5 Å². The van der Waals surface area contributed by atoms with Gasteiger partial charge in [-0.15, -0.1) is 0 Å². The van der Waals surface area contributed by atoms with E-state index >= 15 is 0 Å². The molecule has 23 heavy (non-hydrogen) atoms. The van der Waals surface area contributed by atoms with Crippen molar-refractivity contribution in [1.29, 1.82) is 0 Å². The van der Waals surface area contributed by atoms with Crippen molar-refractivity contribution in [2.75, 3.05) is 7.11 Å². The number of amides is 1. The number of nitrogens with zero attached hydrogens (tertiary/aromatic N) is 1. The first-order valence-corrected chi connectivity index (χ1v) is 5.73. The SMILES string of the molecule is COc1ccc(C=NNC(=O)C(F)(F)C(F)(F)C(F)(F)F)cc1. The van der Waals surface area contributed by atoms with Gasteiger partial charge >= 0.3 is 23.9 Å². The Balaban J connectivity index is 2.80. The molecule has 1 N–H and O–H groups in total. The first-order chi connectivity index (χ1) is 10.4. The number of hydrogen-bond donors (Lipinski definition) is 1. The van der Waals surface area contributed by atoms with Crippen LogP contribution in [0, 0.1) is 0 Å². The number of methoxy groups -OCH3 is 1. The third-order valence-electron chi connectivity index (χ3n) is 2.53. The van der Waals surface area contributed by atoms with Crippen LogP contribution >= 0.6 is 0 Å². The number of halogens is 7. The molecule has 1 aromatic carbocycles. The van der Waals surface area contributed by atoms with E-state index < -0.39 is 23.9 Å². The van der Waals surface area contributed by atoms with Gasteiger partial charge in [0.15, 0.2) is 0 Å². The van der Waals surface area contributed by atoms with Crippen LogP contribution in [-0.2, 0) is 4.79 Å². The van der Waals surface area contributed by atoms with Gasteiger partial charge < -0.3 is 4.74 Å². The molecule has 0 aliphatic heterocycles. The van der Waals surface area contributed by atoms with Gasteiger partial charge in [0.1, 0.15) is 5.75 Å². The summed E-state index contributed by atoms with van der Waals surface area (Å²) in [5.74, 6) is -15.0. The minimum atomic E-state index is -6.59. The molecule has 0 saturated heterocycles. The quantitative estimate of drug-likeness (QED) is 0.506. The van der Waals surface area contributed by atoms with Gasteiger partial charge in [0.05, 0.1) is 13.3 Å². The Morgan fingerprint density at radius 3 is 2.04 bits per heavy atom. The Morgan fingerprint density at radius 1 is 1.09 bits per heavy atom. The number of alkyl halides is 7. The fraction of sp³-hybridized carbons (Fsp3) is 0.333. The number of carbonyl (C=O) groups is 1. The predicted molar refractivity (Wildman–Crippen MR) is 64.7 cm³/mol. The molecular formula is C12H9F7N2O2. The van der Waals surface area contributed by atoms with Crippen molar-refractivity contribution >= 4 is 12.1 Å². The summed E-state index contributed by atoms with van der Waals surface area (Å²) in [6, 6.07) is 5.62. The monoisotopic (exact) mass is 346 g/mol. The molecule has 0 unspecified atom stereocenters. The summed E-state index contributed by atoms with van der Waals surface area (Å²) >= 11 is 0. The van der Waals surface area contributed by atoms with E-state index in [1.807, 2.05) is 0 Å². The van der Waals surface area contributed by atoms with Gasteiger partial charge in [-0.2, -0.15) is 35.8 Å². The largest absolute Gasteiger partial charge is 0.497 e. The van der Waals surface area contributed by atoms with E-state index in [-0.39, 0.29) is 5.56 Å². The Morgan fingerprint density at radius 2 is 1.61 bits per heavy atom. The number of carbonyl (C=O) groups excluding carboxylic acids is 1. The molecule has 0 fully saturated rings. The van der Waals surface area contributed by atoms with Crippen LogP contribution in [0.4, 0.5) is 30.7 Å². The Labute approximate surface area is 124 Å². The van der Waals surface area contributed by atoms with E-state index in [4.69, 9.17) is 4.74 Å². The Bertz CT molecular complexity index is 582. The van der Waals surface area contributed by atoms with E-state index in [0.29, 0.717) is 5.75 Å². The molecule has 1 aromatic rings. The second-order valence-electron chi connectivity index (χ2n) is 4.12. The van der Waals surface area contributed by atoms with Crippen molar-refractivity contribution < 1.29 is 40.3 Å². The highest BCUT2D eigenvalue weighted by Gasteiger charge is 2.76. The number of hydrazone groups is 1. The molecule has 0 bridgehead atoms. The maximum absolute atomic E-state index is 12.9. The normalized spacial score (nSPS) is 13.2. The third-order valence-corrected chi connectivity index (χ3v) is 2.53. The summed E-state index contributed by atoms with van der Waals surface area (Å²) < 4.78 is 91.6. The molecule has 0 radical (unpaired) electrons. The molecule has 0 aliphatic carbocycles. The third kappa shape index (κ3) is 3.90. The van der Waals surface area contributed by atoms with Crippen LogP contribution in [0.3, 0.4) is 0 Å². The topological polar surface area (TPSA) is 50.7 Å². The van der Waals surface area contributed by atoms with Gasteiger partial charge in [0.2, 0.25) is 0 Å². The number of hydrogen-bond acceptors (Lipinski definition) is 3. The molecule has 0 heterocycles. The molecule has 128 valence electrons. The molecule has 11 heteroatoms. The first-order valence-electron chi connectivity index (χ1n) is 5.73.